The van der Waals surface area contributed by atoms with E-state index in [0.717, 1.165) is 10.8 Å². The van der Waals surface area contributed by atoms with Gasteiger partial charge in [0.15, 0.2) is 0 Å². The number of rotatable bonds is 6. The van der Waals surface area contributed by atoms with Gasteiger partial charge >= 0.3 is 0 Å². The molecule has 0 unspecified atom stereocenters. The first-order valence-electron chi connectivity index (χ1n) is 7.66. The van der Waals surface area contributed by atoms with Crippen molar-refractivity contribution in [3.05, 3.63) is 83.4 Å². The van der Waals surface area contributed by atoms with Gasteiger partial charge in [-0.3, -0.25) is 4.98 Å². The Kier molecular flexibility index (Phi) is 5.60. The van der Waals surface area contributed by atoms with Gasteiger partial charge in [-0.25, -0.2) is 9.37 Å². The zero-order chi connectivity index (χ0) is 17.5. The van der Waals surface area contributed by atoms with Crippen molar-refractivity contribution in [2.24, 2.45) is 0 Å². The Labute approximate surface area is 149 Å². The number of halogens is 1. The molecule has 1 heterocycles. The van der Waals surface area contributed by atoms with Gasteiger partial charge in [0.25, 0.3) is 0 Å². The number of aromatic nitrogens is 2. The molecule has 2 aromatic carbocycles. The maximum atomic E-state index is 13.8. The van der Waals surface area contributed by atoms with Gasteiger partial charge in [0.2, 0.25) is 0 Å². The van der Waals surface area contributed by atoms with E-state index in [1.165, 1.54) is 23.8 Å². The molecule has 0 saturated heterocycles. The van der Waals surface area contributed by atoms with Crippen LogP contribution >= 0.6 is 11.8 Å². The lowest BCUT2D eigenvalue weighted by Crippen LogP contribution is -2.04. The van der Waals surface area contributed by atoms with Gasteiger partial charge in [0, 0.05) is 17.9 Å². The summed E-state index contributed by atoms with van der Waals surface area (Å²) < 4.78 is 13.8. The molecular formula is C19H15FN4S. The minimum Gasteiger partial charge on any atom is -0.365 e. The van der Waals surface area contributed by atoms with Gasteiger partial charge in [-0.05, 0) is 23.8 Å². The van der Waals surface area contributed by atoms with Gasteiger partial charge in [0.05, 0.1) is 24.0 Å². The van der Waals surface area contributed by atoms with Crippen LogP contribution in [0.25, 0.3) is 0 Å². The third-order valence-electron chi connectivity index (χ3n) is 3.48. The summed E-state index contributed by atoms with van der Waals surface area (Å²) in [6, 6.07) is 16.4. The van der Waals surface area contributed by atoms with Crippen molar-refractivity contribution in [1.29, 1.82) is 5.26 Å². The molecule has 4 nitrogen and oxygen atoms in total. The first-order valence-corrected chi connectivity index (χ1v) is 8.64. The average Bonchev–Trinajstić information content (AvgIpc) is 2.67. The van der Waals surface area contributed by atoms with Crippen LogP contribution in [0.15, 0.2) is 66.0 Å². The van der Waals surface area contributed by atoms with E-state index in [2.05, 4.69) is 27.4 Å². The highest BCUT2D eigenvalue weighted by atomic mass is 32.2. The van der Waals surface area contributed by atoms with E-state index in [-0.39, 0.29) is 12.4 Å². The van der Waals surface area contributed by atoms with Crippen molar-refractivity contribution in [2.45, 2.75) is 17.3 Å². The molecule has 0 aliphatic rings. The maximum absolute atomic E-state index is 13.8. The van der Waals surface area contributed by atoms with E-state index in [0.29, 0.717) is 16.9 Å². The first-order chi connectivity index (χ1) is 12.2. The SMILES string of the molecule is N#Cc1ccc(F)c(CNc2cncc(SCc3ccccc3)n2)c1. The third-order valence-corrected chi connectivity index (χ3v) is 4.45. The standard InChI is InChI=1S/C19H15FN4S/c20-17-7-6-15(9-21)8-16(17)10-23-18-11-22-12-19(24-18)25-13-14-4-2-1-3-5-14/h1-8,11-12H,10,13H2,(H,23,24). The largest absolute Gasteiger partial charge is 0.365 e. The van der Waals surface area contributed by atoms with Crippen molar-refractivity contribution in [3.63, 3.8) is 0 Å². The molecule has 25 heavy (non-hydrogen) atoms. The summed E-state index contributed by atoms with van der Waals surface area (Å²) in [6.07, 6.45) is 3.30. The van der Waals surface area contributed by atoms with Crippen molar-refractivity contribution >= 4 is 17.6 Å². The van der Waals surface area contributed by atoms with E-state index in [9.17, 15) is 4.39 Å². The number of thioether (sulfide) groups is 1. The topological polar surface area (TPSA) is 61.6 Å². The minimum atomic E-state index is -0.353. The second-order valence-corrected chi connectivity index (χ2v) is 6.28. The number of nitrogens with one attached hydrogen (secondary N) is 1. The molecule has 0 fully saturated rings. The second kappa shape index (κ2) is 8.27. The highest BCUT2D eigenvalue weighted by Crippen LogP contribution is 2.21. The zero-order valence-electron chi connectivity index (χ0n) is 13.3. The van der Waals surface area contributed by atoms with Crippen LogP contribution in [0, 0.1) is 17.1 Å². The predicted octanol–water partition coefficient (Wildman–Crippen LogP) is 4.39. The van der Waals surface area contributed by atoms with Crippen molar-refractivity contribution < 1.29 is 4.39 Å². The second-order valence-electron chi connectivity index (χ2n) is 5.29. The zero-order valence-corrected chi connectivity index (χ0v) is 14.1. The molecule has 0 aliphatic carbocycles. The predicted molar refractivity (Wildman–Crippen MR) is 96.5 cm³/mol. The Hall–Kier alpha value is -2.91. The summed E-state index contributed by atoms with van der Waals surface area (Å²) in [6.45, 7) is 0.239. The maximum Gasteiger partial charge on any atom is 0.146 e. The van der Waals surface area contributed by atoms with Crippen LogP contribution in [0.4, 0.5) is 10.2 Å². The average molecular weight is 350 g/mol. The lowest BCUT2D eigenvalue weighted by Gasteiger charge is -2.08. The van der Waals surface area contributed by atoms with Crippen molar-refractivity contribution in [1.82, 2.24) is 9.97 Å². The van der Waals surface area contributed by atoms with Crippen molar-refractivity contribution in [3.8, 4) is 6.07 Å². The summed E-state index contributed by atoms with van der Waals surface area (Å²) in [5.41, 5.74) is 2.06. The fourth-order valence-electron chi connectivity index (χ4n) is 2.20. The fourth-order valence-corrected chi connectivity index (χ4v) is 3.01. The molecule has 3 rings (SSSR count). The van der Waals surface area contributed by atoms with E-state index >= 15 is 0 Å². The summed E-state index contributed by atoms with van der Waals surface area (Å²) >= 11 is 1.59. The molecule has 124 valence electrons. The highest BCUT2D eigenvalue weighted by Gasteiger charge is 2.05. The highest BCUT2D eigenvalue weighted by molar-refractivity contribution is 7.98. The molecule has 0 aliphatic heterocycles. The van der Waals surface area contributed by atoms with Crippen LogP contribution < -0.4 is 5.32 Å². The number of hydrogen-bond acceptors (Lipinski definition) is 5. The van der Waals surface area contributed by atoms with Gasteiger partial charge in [0.1, 0.15) is 16.7 Å². The van der Waals surface area contributed by atoms with Crippen LogP contribution in [-0.4, -0.2) is 9.97 Å². The number of anilines is 1. The monoisotopic (exact) mass is 350 g/mol. The molecule has 3 aromatic rings. The molecular weight excluding hydrogens is 335 g/mol. The molecule has 1 N–H and O–H groups in total. The Bertz CT molecular complexity index is 893. The smallest absolute Gasteiger partial charge is 0.146 e. The lowest BCUT2D eigenvalue weighted by atomic mass is 10.1. The number of nitriles is 1. The van der Waals surface area contributed by atoms with Crippen LogP contribution in [0.3, 0.4) is 0 Å². The Morgan fingerprint density at radius 1 is 1.12 bits per heavy atom. The number of hydrogen-bond donors (Lipinski definition) is 1. The van der Waals surface area contributed by atoms with Gasteiger partial charge in [-0.2, -0.15) is 5.26 Å². The third kappa shape index (κ3) is 4.78. The Morgan fingerprint density at radius 2 is 1.96 bits per heavy atom. The van der Waals surface area contributed by atoms with E-state index in [1.54, 1.807) is 24.2 Å². The lowest BCUT2D eigenvalue weighted by molar-refractivity contribution is 0.612. The Morgan fingerprint density at radius 3 is 2.76 bits per heavy atom. The Balaban J connectivity index is 1.63. The van der Waals surface area contributed by atoms with E-state index in [4.69, 9.17) is 5.26 Å². The number of nitrogens with zero attached hydrogens (tertiary/aromatic N) is 3. The van der Waals surface area contributed by atoms with Crippen LogP contribution in [0.5, 0.6) is 0 Å². The minimum absolute atomic E-state index is 0.239. The van der Waals surface area contributed by atoms with Gasteiger partial charge < -0.3 is 5.32 Å². The molecule has 0 bridgehead atoms. The summed E-state index contributed by atoms with van der Waals surface area (Å²) in [4.78, 5) is 8.65. The van der Waals surface area contributed by atoms with E-state index < -0.39 is 0 Å². The first kappa shape index (κ1) is 16.9. The molecule has 0 radical (unpaired) electrons. The van der Waals surface area contributed by atoms with Crippen LogP contribution in [-0.2, 0) is 12.3 Å². The summed E-state index contributed by atoms with van der Waals surface area (Å²) in [5.74, 6) is 1.02. The van der Waals surface area contributed by atoms with Crippen LogP contribution in [0.1, 0.15) is 16.7 Å². The summed E-state index contributed by atoms with van der Waals surface area (Å²) in [5, 5.41) is 12.8. The van der Waals surface area contributed by atoms with E-state index in [1.807, 2.05) is 24.3 Å². The van der Waals surface area contributed by atoms with Crippen molar-refractivity contribution in [2.75, 3.05) is 5.32 Å². The molecule has 6 heteroatoms. The summed E-state index contributed by atoms with van der Waals surface area (Å²) in [7, 11) is 0. The number of benzene rings is 2. The van der Waals surface area contributed by atoms with Gasteiger partial charge in [-0.1, -0.05) is 30.3 Å². The molecule has 0 atom stereocenters. The van der Waals surface area contributed by atoms with Gasteiger partial charge in [-0.15, -0.1) is 11.8 Å². The molecule has 0 amide bonds. The molecule has 1 aromatic heterocycles. The normalized spacial score (nSPS) is 10.2. The quantitative estimate of drug-likeness (QED) is 0.668. The van der Waals surface area contributed by atoms with Crippen LogP contribution in [0.2, 0.25) is 0 Å². The molecule has 0 spiro atoms. The molecule has 0 saturated carbocycles. The fraction of sp³-hybridized carbons (Fsp3) is 0.105.